The third-order valence-electron chi connectivity index (χ3n) is 3.73. The van der Waals surface area contributed by atoms with E-state index < -0.39 is 6.10 Å². The summed E-state index contributed by atoms with van der Waals surface area (Å²) in [7, 11) is 0. The van der Waals surface area contributed by atoms with Crippen molar-refractivity contribution in [2.45, 2.75) is 32.0 Å². The van der Waals surface area contributed by atoms with Crippen molar-refractivity contribution in [3.8, 4) is 5.75 Å². The van der Waals surface area contributed by atoms with Crippen molar-refractivity contribution in [3.05, 3.63) is 63.4 Å². The van der Waals surface area contributed by atoms with E-state index in [1.165, 1.54) is 17.7 Å². The summed E-state index contributed by atoms with van der Waals surface area (Å²) < 4.78 is 19.7. The van der Waals surface area contributed by atoms with Crippen molar-refractivity contribution in [1.29, 1.82) is 0 Å². The fourth-order valence-corrected chi connectivity index (χ4v) is 3.22. The lowest BCUT2D eigenvalue weighted by molar-refractivity contribution is 0.156. The molecular formula is C17H16BrFO2. The van der Waals surface area contributed by atoms with Crippen molar-refractivity contribution >= 4 is 15.9 Å². The van der Waals surface area contributed by atoms with Gasteiger partial charge in [-0.2, -0.15) is 0 Å². The van der Waals surface area contributed by atoms with Gasteiger partial charge in [-0.05, 0) is 66.3 Å². The summed E-state index contributed by atoms with van der Waals surface area (Å²) in [5.41, 5.74) is 2.91. The van der Waals surface area contributed by atoms with Crippen LogP contribution in [-0.4, -0.2) is 5.11 Å². The van der Waals surface area contributed by atoms with Gasteiger partial charge in [0.2, 0.25) is 0 Å². The summed E-state index contributed by atoms with van der Waals surface area (Å²) in [4.78, 5) is 0. The molecule has 0 spiro atoms. The number of fused-ring (bicyclic) bond motifs is 1. The Balaban J connectivity index is 1.75. The summed E-state index contributed by atoms with van der Waals surface area (Å²) >= 11 is 3.27. The van der Waals surface area contributed by atoms with Crippen LogP contribution in [0.1, 0.15) is 35.6 Å². The molecule has 0 amide bonds. The van der Waals surface area contributed by atoms with Gasteiger partial charge in [0.15, 0.2) is 0 Å². The number of ether oxygens (including phenoxy) is 1. The van der Waals surface area contributed by atoms with E-state index in [9.17, 15) is 9.50 Å². The Bertz CT molecular complexity index is 637. The number of hydrogen-bond acceptors (Lipinski definition) is 2. The van der Waals surface area contributed by atoms with Crippen molar-refractivity contribution in [1.82, 2.24) is 0 Å². The standard InChI is InChI=1S/C17H16BrFO2/c18-13-6-11(7-14(19)8-13)10-21-15-5-4-12-2-1-3-17(20)16(12)9-15/h4-9,17,20H,1-3,10H2/t17-/m0/s1. The molecule has 2 nitrogen and oxygen atoms in total. The predicted molar refractivity (Wildman–Crippen MR) is 82.8 cm³/mol. The topological polar surface area (TPSA) is 29.5 Å². The summed E-state index contributed by atoms with van der Waals surface area (Å²) in [6, 6.07) is 10.5. The van der Waals surface area contributed by atoms with E-state index in [1.54, 1.807) is 0 Å². The second-order valence-corrected chi connectivity index (χ2v) is 6.25. The van der Waals surface area contributed by atoms with Crippen molar-refractivity contribution in [2.75, 3.05) is 0 Å². The van der Waals surface area contributed by atoms with Crippen molar-refractivity contribution < 1.29 is 14.2 Å². The van der Waals surface area contributed by atoms with Crippen LogP contribution >= 0.6 is 15.9 Å². The Morgan fingerprint density at radius 3 is 2.90 bits per heavy atom. The van der Waals surface area contributed by atoms with Gasteiger partial charge in [-0.1, -0.05) is 22.0 Å². The minimum atomic E-state index is -0.402. The lowest BCUT2D eigenvalue weighted by atomic mass is 9.89. The first-order valence-corrected chi connectivity index (χ1v) is 7.80. The van der Waals surface area contributed by atoms with Gasteiger partial charge in [0.05, 0.1) is 6.10 Å². The molecule has 21 heavy (non-hydrogen) atoms. The molecule has 4 heteroatoms. The van der Waals surface area contributed by atoms with E-state index in [0.717, 1.165) is 30.4 Å². The van der Waals surface area contributed by atoms with Crippen molar-refractivity contribution in [3.63, 3.8) is 0 Å². The monoisotopic (exact) mass is 350 g/mol. The number of rotatable bonds is 3. The van der Waals surface area contributed by atoms with Crippen LogP contribution in [0.4, 0.5) is 4.39 Å². The average molecular weight is 351 g/mol. The van der Waals surface area contributed by atoms with E-state index in [-0.39, 0.29) is 5.82 Å². The summed E-state index contributed by atoms with van der Waals surface area (Å²) in [5.74, 6) is 0.416. The molecule has 110 valence electrons. The van der Waals surface area contributed by atoms with E-state index in [2.05, 4.69) is 15.9 Å². The molecule has 0 saturated carbocycles. The lowest BCUT2D eigenvalue weighted by Crippen LogP contribution is -2.09. The highest BCUT2D eigenvalue weighted by Gasteiger charge is 2.18. The van der Waals surface area contributed by atoms with E-state index in [0.29, 0.717) is 16.8 Å². The Kier molecular flexibility index (Phi) is 4.27. The molecule has 2 aromatic carbocycles. The molecule has 0 bridgehead atoms. The smallest absolute Gasteiger partial charge is 0.124 e. The maximum absolute atomic E-state index is 13.3. The van der Waals surface area contributed by atoms with Crippen LogP contribution in [0.3, 0.4) is 0 Å². The highest BCUT2D eigenvalue weighted by molar-refractivity contribution is 9.10. The molecule has 1 aliphatic carbocycles. The second kappa shape index (κ2) is 6.16. The average Bonchev–Trinajstić information content (AvgIpc) is 2.45. The minimum Gasteiger partial charge on any atom is -0.489 e. The fraction of sp³-hybridized carbons (Fsp3) is 0.294. The largest absolute Gasteiger partial charge is 0.489 e. The number of benzene rings is 2. The normalized spacial score (nSPS) is 17.4. The van der Waals surface area contributed by atoms with E-state index in [4.69, 9.17) is 4.74 Å². The number of halogens is 2. The maximum Gasteiger partial charge on any atom is 0.124 e. The lowest BCUT2D eigenvalue weighted by Gasteiger charge is -2.22. The first-order chi connectivity index (χ1) is 10.1. The van der Waals surface area contributed by atoms with Crippen LogP contribution in [0.15, 0.2) is 40.9 Å². The van der Waals surface area contributed by atoms with Crippen LogP contribution in [0.2, 0.25) is 0 Å². The molecule has 1 atom stereocenters. The van der Waals surface area contributed by atoms with E-state index >= 15 is 0 Å². The van der Waals surface area contributed by atoms with Crippen LogP contribution in [0.5, 0.6) is 5.75 Å². The third-order valence-corrected chi connectivity index (χ3v) is 4.19. The van der Waals surface area contributed by atoms with Gasteiger partial charge in [0.1, 0.15) is 18.2 Å². The van der Waals surface area contributed by atoms with Crippen LogP contribution in [0, 0.1) is 5.82 Å². The molecule has 0 aliphatic heterocycles. The molecule has 1 N–H and O–H groups in total. The van der Waals surface area contributed by atoms with Crippen LogP contribution in [0.25, 0.3) is 0 Å². The van der Waals surface area contributed by atoms with Gasteiger partial charge in [0, 0.05) is 4.47 Å². The summed E-state index contributed by atoms with van der Waals surface area (Å²) in [6.07, 6.45) is 2.42. The van der Waals surface area contributed by atoms with E-state index in [1.807, 2.05) is 24.3 Å². The number of aliphatic hydroxyl groups is 1. The molecular weight excluding hydrogens is 335 g/mol. The van der Waals surface area contributed by atoms with Gasteiger partial charge < -0.3 is 9.84 Å². The Labute approximate surface area is 131 Å². The molecule has 0 fully saturated rings. The fourth-order valence-electron chi connectivity index (χ4n) is 2.70. The first kappa shape index (κ1) is 14.5. The SMILES string of the molecule is O[C@H]1CCCc2ccc(OCc3cc(F)cc(Br)c3)cc21. The van der Waals surface area contributed by atoms with Gasteiger partial charge in [0.25, 0.3) is 0 Å². The minimum absolute atomic E-state index is 0.288. The van der Waals surface area contributed by atoms with Crippen molar-refractivity contribution in [2.24, 2.45) is 0 Å². The predicted octanol–water partition coefficient (Wildman–Crippen LogP) is 4.54. The maximum atomic E-state index is 13.3. The quantitative estimate of drug-likeness (QED) is 0.880. The molecule has 0 unspecified atom stereocenters. The molecule has 0 aromatic heterocycles. The van der Waals surface area contributed by atoms with Crippen LogP contribution in [-0.2, 0) is 13.0 Å². The van der Waals surface area contributed by atoms with Crippen LogP contribution < -0.4 is 4.74 Å². The molecule has 0 saturated heterocycles. The second-order valence-electron chi connectivity index (χ2n) is 5.34. The highest BCUT2D eigenvalue weighted by atomic mass is 79.9. The number of aryl methyl sites for hydroxylation is 1. The van der Waals surface area contributed by atoms with Gasteiger partial charge in [-0.15, -0.1) is 0 Å². The zero-order chi connectivity index (χ0) is 14.8. The van der Waals surface area contributed by atoms with Gasteiger partial charge in [-0.3, -0.25) is 0 Å². The molecule has 1 aliphatic rings. The third kappa shape index (κ3) is 3.44. The van der Waals surface area contributed by atoms with Gasteiger partial charge >= 0.3 is 0 Å². The zero-order valence-corrected chi connectivity index (χ0v) is 13.1. The zero-order valence-electron chi connectivity index (χ0n) is 11.5. The molecule has 3 rings (SSSR count). The Morgan fingerprint density at radius 1 is 1.24 bits per heavy atom. The number of aliphatic hydroxyl groups excluding tert-OH is 1. The first-order valence-electron chi connectivity index (χ1n) is 7.00. The summed E-state index contributed by atoms with van der Waals surface area (Å²) in [6.45, 7) is 0.297. The summed E-state index contributed by atoms with van der Waals surface area (Å²) in [5, 5.41) is 10.0. The Morgan fingerprint density at radius 2 is 2.10 bits per heavy atom. The van der Waals surface area contributed by atoms with Gasteiger partial charge in [-0.25, -0.2) is 4.39 Å². The molecule has 2 aromatic rings. The number of hydrogen-bond donors (Lipinski definition) is 1. The highest BCUT2D eigenvalue weighted by Crippen LogP contribution is 2.32. The molecule has 0 radical (unpaired) electrons. The Hall–Kier alpha value is -1.39. The molecule has 0 heterocycles.